The zero-order valence-corrected chi connectivity index (χ0v) is 14.0. The minimum atomic E-state index is -0.587. The molecule has 0 aliphatic carbocycles. The summed E-state index contributed by atoms with van der Waals surface area (Å²) in [4.78, 5) is 35.1. The molecule has 0 fully saturated rings. The molecule has 2 aromatic carbocycles. The van der Waals surface area contributed by atoms with Gasteiger partial charge in [0.25, 0.3) is 5.69 Å². The first-order valence-electron chi connectivity index (χ1n) is 7.39. The molecule has 7 heteroatoms. The van der Waals surface area contributed by atoms with Gasteiger partial charge in [0.2, 0.25) is 5.78 Å². The fourth-order valence-electron chi connectivity index (χ4n) is 2.35. The molecular formula is C18H13NO5S. The Labute approximate surface area is 146 Å². The number of carbonyl (C=O) groups is 2. The van der Waals surface area contributed by atoms with Crippen molar-refractivity contribution in [1.82, 2.24) is 0 Å². The van der Waals surface area contributed by atoms with Crippen LogP contribution in [0.5, 0.6) is 0 Å². The molecule has 0 atom stereocenters. The maximum Gasteiger partial charge on any atom is 0.348 e. The number of nitro benzene ring substituents is 1. The highest BCUT2D eigenvalue weighted by Gasteiger charge is 2.17. The van der Waals surface area contributed by atoms with Crippen LogP contribution in [0.15, 0.2) is 48.5 Å². The Hall–Kier alpha value is -3.06. The van der Waals surface area contributed by atoms with Crippen LogP contribution in [0.2, 0.25) is 0 Å². The van der Waals surface area contributed by atoms with Gasteiger partial charge >= 0.3 is 5.97 Å². The number of ketones is 1. The maximum absolute atomic E-state index is 12.1. The molecule has 1 aromatic heterocycles. The van der Waals surface area contributed by atoms with E-state index in [0.29, 0.717) is 10.4 Å². The van der Waals surface area contributed by atoms with Crippen LogP contribution in [-0.4, -0.2) is 23.3 Å². The fraction of sp³-hybridized carbons (Fsp3) is 0.111. The van der Waals surface area contributed by atoms with Crippen molar-refractivity contribution in [2.75, 3.05) is 6.61 Å². The first-order chi connectivity index (χ1) is 12.0. The number of nitro groups is 1. The summed E-state index contributed by atoms with van der Waals surface area (Å²) in [6.07, 6.45) is 0. The van der Waals surface area contributed by atoms with E-state index in [0.717, 1.165) is 10.1 Å². The molecule has 25 heavy (non-hydrogen) atoms. The second-order valence-electron chi connectivity index (χ2n) is 5.41. The highest BCUT2D eigenvalue weighted by Crippen LogP contribution is 2.26. The average Bonchev–Trinajstić information content (AvgIpc) is 3.03. The van der Waals surface area contributed by atoms with Crippen molar-refractivity contribution in [2.45, 2.75) is 6.92 Å². The lowest BCUT2D eigenvalue weighted by atomic mass is 10.1. The van der Waals surface area contributed by atoms with Gasteiger partial charge in [0.05, 0.1) is 4.92 Å². The second kappa shape index (κ2) is 6.82. The lowest BCUT2D eigenvalue weighted by molar-refractivity contribution is -0.385. The Morgan fingerprint density at radius 3 is 2.64 bits per heavy atom. The van der Waals surface area contributed by atoms with Crippen molar-refractivity contribution < 1.29 is 19.2 Å². The lowest BCUT2D eigenvalue weighted by Crippen LogP contribution is -2.13. The predicted octanol–water partition coefficient (Wildman–Crippen LogP) is 4.16. The number of esters is 1. The van der Waals surface area contributed by atoms with Gasteiger partial charge in [-0.2, -0.15) is 0 Å². The van der Waals surface area contributed by atoms with E-state index in [9.17, 15) is 19.7 Å². The van der Waals surface area contributed by atoms with Crippen molar-refractivity contribution in [1.29, 1.82) is 0 Å². The molecule has 0 saturated heterocycles. The van der Waals surface area contributed by atoms with E-state index in [1.165, 1.54) is 29.5 Å². The van der Waals surface area contributed by atoms with Gasteiger partial charge in [-0.05, 0) is 24.4 Å². The number of Topliss-reactive ketones (excluding diaryl/α,β-unsaturated/α-hetero) is 1. The fourth-order valence-corrected chi connectivity index (χ4v) is 3.30. The average molecular weight is 355 g/mol. The summed E-state index contributed by atoms with van der Waals surface area (Å²) >= 11 is 1.29. The number of benzene rings is 2. The molecular weight excluding hydrogens is 342 g/mol. The summed E-state index contributed by atoms with van der Waals surface area (Å²) in [5.41, 5.74) is 0.465. The summed E-state index contributed by atoms with van der Waals surface area (Å²) in [7, 11) is 0. The third-order valence-corrected chi connectivity index (χ3v) is 4.79. The van der Waals surface area contributed by atoms with Gasteiger partial charge in [-0.3, -0.25) is 14.9 Å². The minimum absolute atomic E-state index is 0.137. The van der Waals surface area contributed by atoms with Gasteiger partial charge in [0.1, 0.15) is 4.88 Å². The van der Waals surface area contributed by atoms with Crippen LogP contribution in [0.1, 0.15) is 25.6 Å². The summed E-state index contributed by atoms with van der Waals surface area (Å²) in [6, 6.07) is 13.4. The monoisotopic (exact) mass is 355 g/mol. The first-order valence-corrected chi connectivity index (χ1v) is 8.21. The molecule has 0 bridgehead atoms. The molecule has 0 N–H and O–H groups in total. The summed E-state index contributed by atoms with van der Waals surface area (Å²) in [6.45, 7) is 1.13. The molecule has 0 amide bonds. The van der Waals surface area contributed by atoms with E-state index >= 15 is 0 Å². The Bertz CT molecular complexity index is 959. The van der Waals surface area contributed by atoms with E-state index in [1.807, 2.05) is 24.3 Å². The van der Waals surface area contributed by atoms with Crippen molar-refractivity contribution in [3.63, 3.8) is 0 Å². The number of rotatable bonds is 5. The Kier molecular flexibility index (Phi) is 4.58. The predicted molar refractivity (Wildman–Crippen MR) is 94.3 cm³/mol. The maximum atomic E-state index is 12.1. The number of aryl methyl sites for hydroxylation is 1. The minimum Gasteiger partial charge on any atom is -0.453 e. The topological polar surface area (TPSA) is 86.5 Å². The van der Waals surface area contributed by atoms with Crippen LogP contribution in [0, 0.1) is 17.0 Å². The lowest BCUT2D eigenvalue weighted by Gasteiger charge is -2.04. The number of hydrogen-bond donors (Lipinski definition) is 0. The van der Waals surface area contributed by atoms with Crippen LogP contribution in [0.3, 0.4) is 0 Å². The highest BCUT2D eigenvalue weighted by molar-refractivity contribution is 7.20. The van der Waals surface area contributed by atoms with Crippen LogP contribution in [0.25, 0.3) is 10.1 Å². The summed E-state index contributed by atoms with van der Waals surface area (Å²) in [5.74, 6) is -1.08. The Morgan fingerprint density at radius 1 is 1.16 bits per heavy atom. The molecule has 1 heterocycles. The first kappa shape index (κ1) is 16.8. The number of hydrogen-bond acceptors (Lipinski definition) is 6. The standard InChI is InChI=1S/C18H13NO5S/c1-11-6-7-12(8-14(11)19(22)23)15(20)10-24-18(21)17-9-13-4-2-3-5-16(13)25-17/h2-9H,10H2,1H3. The van der Waals surface area contributed by atoms with Crippen LogP contribution in [-0.2, 0) is 4.74 Å². The smallest absolute Gasteiger partial charge is 0.348 e. The van der Waals surface area contributed by atoms with E-state index in [1.54, 1.807) is 13.0 Å². The molecule has 0 unspecified atom stereocenters. The SMILES string of the molecule is Cc1ccc(C(=O)COC(=O)c2cc3ccccc3s2)cc1[N+](=O)[O-]. The molecule has 3 rings (SSSR count). The zero-order valence-electron chi connectivity index (χ0n) is 13.2. The van der Waals surface area contributed by atoms with E-state index < -0.39 is 23.3 Å². The van der Waals surface area contributed by atoms with Crippen LogP contribution < -0.4 is 0 Å². The van der Waals surface area contributed by atoms with Crippen molar-refractivity contribution in [3.05, 3.63) is 74.6 Å². The quantitative estimate of drug-likeness (QED) is 0.297. The number of nitrogens with zero attached hydrogens (tertiary/aromatic N) is 1. The van der Waals surface area contributed by atoms with Crippen LogP contribution >= 0.6 is 11.3 Å². The largest absolute Gasteiger partial charge is 0.453 e. The number of ether oxygens (including phenoxy) is 1. The third-order valence-electron chi connectivity index (χ3n) is 3.69. The van der Waals surface area contributed by atoms with Crippen molar-refractivity contribution in [2.24, 2.45) is 0 Å². The third kappa shape index (κ3) is 3.56. The second-order valence-corrected chi connectivity index (χ2v) is 6.49. The zero-order chi connectivity index (χ0) is 18.0. The van der Waals surface area contributed by atoms with Gasteiger partial charge in [0.15, 0.2) is 6.61 Å². The van der Waals surface area contributed by atoms with Gasteiger partial charge in [-0.15, -0.1) is 11.3 Å². The normalized spacial score (nSPS) is 10.6. The summed E-state index contributed by atoms with van der Waals surface area (Å²) in [5, 5.41) is 11.9. The molecule has 0 radical (unpaired) electrons. The van der Waals surface area contributed by atoms with Gasteiger partial charge in [-0.1, -0.05) is 30.3 Å². The van der Waals surface area contributed by atoms with Gasteiger partial charge < -0.3 is 4.74 Å². The van der Waals surface area contributed by atoms with Crippen LogP contribution in [0.4, 0.5) is 5.69 Å². The number of thiophene rings is 1. The van der Waals surface area contributed by atoms with E-state index in [4.69, 9.17) is 4.74 Å². The molecule has 3 aromatic rings. The van der Waals surface area contributed by atoms with Crippen molar-refractivity contribution >= 4 is 38.9 Å². The molecule has 0 aliphatic heterocycles. The van der Waals surface area contributed by atoms with Gasteiger partial charge in [-0.25, -0.2) is 4.79 Å². The number of fused-ring (bicyclic) bond motifs is 1. The molecule has 6 nitrogen and oxygen atoms in total. The number of carbonyl (C=O) groups excluding carboxylic acids is 2. The molecule has 0 aliphatic rings. The molecule has 126 valence electrons. The van der Waals surface area contributed by atoms with E-state index in [2.05, 4.69) is 0 Å². The van der Waals surface area contributed by atoms with Crippen molar-refractivity contribution in [3.8, 4) is 0 Å². The Morgan fingerprint density at radius 2 is 1.92 bits per heavy atom. The summed E-state index contributed by atoms with van der Waals surface area (Å²) < 4.78 is 6.01. The Balaban J connectivity index is 1.70. The highest BCUT2D eigenvalue weighted by atomic mass is 32.1. The van der Waals surface area contributed by atoms with Gasteiger partial charge in [0, 0.05) is 21.9 Å². The molecule has 0 spiro atoms. The molecule has 0 saturated carbocycles. The van der Waals surface area contributed by atoms with E-state index in [-0.39, 0.29) is 11.3 Å².